The van der Waals surface area contributed by atoms with Gasteiger partial charge in [0.2, 0.25) is 0 Å². The molecule has 1 N–H and O–H groups in total. The number of aryl methyl sites for hydroxylation is 1. The van der Waals surface area contributed by atoms with Crippen molar-refractivity contribution < 1.29 is 9.90 Å². The van der Waals surface area contributed by atoms with Gasteiger partial charge in [0.05, 0.1) is 5.56 Å². The molecule has 0 aliphatic heterocycles. The number of carbonyl (C=O) groups is 1. The van der Waals surface area contributed by atoms with Gasteiger partial charge in [0.1, 0.15) is 0 Å². The third-order valence-corrected chi connectivity index (χ3v) is 2.87. The second kappa shape index (κ2) is 4.92. The SMILES string of the molecule is Cc1cccc(N(C)c2cccc(C(=O)O)c2)c1. The molecule has 0 heterocycles. The molecule has 3 heteroatoms. The van der Waals surface area contributed by atoms with Crippen LogP contribution in [0.1, 0.15) is 15.9 Å². The van der Waals surface area contributed by atoms with Crippen molar-refractivity contribution in [3.8, 4) is 0 Å². The monoisotopic (exact) mass is 241 g/mol. The van der Waals surface area contributed by atoms with Crippen LogP contribution in [-0.4, -0.2) is 18.1 Å². The Morgan fingerprint density at radius 2 is 1.67 bits per heavy atom. The number of carboxylic acids is 1. The number of hydrogen-bond acceptors (Lipinski definition) is 2. The Balaban J connectivity index is 2.36. The number of rotatable bonds is 3. The van der Waals surface area contributed by atoms with Gasteiger partial charge in [0.15, 0.2) is 0 Å². The van der Waals surface area contributed by atoms with Crippen LogP contribution in [0, 0.1) is 6.92 Å². The van der Waals surface area contributed by atoms with Crippen LogP contribution >= 0.6 is 0 Å². The van der Waals surface area contributed by atoms with Gasteiger partial charge in [-0.25, -0.2) is 4.79 Å². The number of hydrogen-bond donors (Lipinski definition) is 1. The molecule has 2 aromatic carbocycles. The Morgan fingerprint density at radius 1 is 1.06 bits per heavy atom. The van der Waals surface area contributed by atoms with Crippen molar-refractivity contribution in [3.05, 3.63) is 59.7 Å². The Morgan fingerprint density at radius 3 is 2.28 bits per heavy atom. The van der Waals surface area contributed by atoms with Crippen molar-refractivity contribution >= 4 is 17.3 Å². The lowest BCUT2D eigenvalue weighted by atomic mass is 10.1. The van der Waals surface area contributed by atoms with Crippen molar-refractivity contribution in [2.45, 2.75) is 6.92 Å². The molecule has 0 fully saturated rings. The van der Waals surface area contributed by atoms with Crippen molar-refractivity contribution in [2.24, 2.45) is 0 Å². The molecule has 0 bridgehead atoms. The van der Waals surface area contributed by atoms with E-state index in [1.807, 2.05) is 43.1 Å². The van der Waals surface area contributed by atoms with Crippen LogP contribution in [0.2, 0.25) is 0 Å². The van der Waals surface area contributed by atoms with Crippen LogP contribution < -0.4 is 4.90 Å². The van der Waals surface area contributed by atoms with Gasteiger partial charge >= 0.3 is 5.97 Å². The van der Waals surface area contributed by atoms with Gasteiger partial charge in [-0.15, -0.1) is 0 Å². The molecule has 0 saturated carbocycles. The normalized spacial score (nSPS) is 10.1. The molecule has 2 aromatic rings. The molecule has 0 unspecified atom stereocenters. The zero-order valence-corrected chi connectivity index (χ0v) is 10.4. The number of benzene rings is 2. The summed E-state index contributed by atoms with van der Waals surface area (Å²) in [6.07, 6.45) is 0. The summed E-state index contributed by atoms with van der Waals surface area (Å²) in [5, 5.41) is 8.99. The lowest BCUT2D eigenvalue weighted by Crippen LogP contribution is -2.10. The maximum atomic E-state index is 10.9. The Labute approximate surface area is 106 Å². The highest BCUT2D eigenvalue weighted by atomic mass is 16.4. The fourth-order valence-corrected chi connectivity index (χ4v) is 1.83. The minimum Gasteiger partial charge on any atom is -0.478 e. The summed E-state index contributed by atoms with van der Waals surface area (Å²) in [4.78, 5) is 12.9. The first-order chi connectivity index (χ1) is 8.58. The maximum Gasteiger partial charge on any atom is 0.335 e. The first-order valence-corrected chi connectivity index (χ1v) is 5.71. The molecule has 0 aromatic heterocycles. The van der Waals surface area contributed by atoms with Gasteiger partial charge in [-0.05, 0) is 42.8 Å². The number of nitrogens with zero attached hydrogens (tertiary/aromatic N) is 1. The largest absolute Gasteiger partial charge is 0.478 e. The lowest BCUT2D eigenvalue weighted by molar-refractivity contribution is 0.0697. The van der Waals surface area contributed by atoms with Crippen molar-refractivity contribution in [1.29, 1.82) is 0 Å². The molecular weight excluding hydrogens is 226 g/mol. The quantitative estimate of drug-likeness (QED) is 0.894. The summed E-state index contributed by atoms with van der Waals surface area (Å²) in [5.41, 5.74) is 3.37. The maximum absolute atomic E-state index is 10.9. The standard InChI is InChI=1S/C15H15NO2/c1-11-5-3-7-13(9-11)16(2)14-8-4-6-12(10-14)15(17)18/h3-10H,1-2H3,(H,17,18). The summed E-state index contributed by atoms with van der Waals surface area (Å²) in [7, 11) is 1.93. The highest BCUT2D eigenvalue weighted by molar-refractivity contribution is 5.89. The predicted octanol–water partition coefficient (Wildman–Crippen LogP) is 3.46. The summed E-state index contributed by atoms with van der Waals surface area (Å²) < 4.78 is 0. The molecule has 2 rings (SSSR count). The van der Waals surface area contributed by atoms with Crippen LogP contribution in [-0.2, 0) is 0 Å². The zero-order valence-electron chi connectivity index (χ0n) is 10.4. The number of carboxylic acid groups (broad SMARTS) is 1. The molecule has 0 aliphatic rings. The first-order valence-electron chi connectivity index (χ1n) is 5.71. The van der Waals surface area contributed by atoms with Crippen LogP contribution in [0.25, 0.3) is 0 Å². The van der Waals surface area contributed by atoms with Gasteiger partial charge in [-0.1, -0.05) is 18.2 Å². The van der Waals surface area contributed by atoms with E-state index in [1.165, 1.54) is 5.56 Å². The molecule has 92 valence electrons. The molecule has 0 atom stereocenters. The molecule has 0 saturated heterocycles. The number of anilines is 2. The molecular formula is C15H15NO2. The highest BCUT2D eigenvalue weighted by Crippen LogP contribution is 2.24. The van der Waals surface area contributed by atoms with E-state index in [-0.39, 0.29) is 0 Å². The van der Waals surface area contributed by atoms with E-state index in [4.69, 9.17) is 5.11 Å². The van der Waals surface area contributed by atoms with Crippen molar-refractivity contribution in [3.63, 3.8) is 0 Å². The first kappa shape index (κ1) is 12.2. The zero-order chi connectivity index (χ0) is 13.1. The minimum absolute atomic E-state index is 0.298. The summed E-state index contributed by atoms with van der Waals surface area (Å²) in [6.45, 7) is 2.03. The minimum atomic E-state index is -0.908. The topological polar surface area (TPSA) is 40.5 Å². The van der Waals surface area contributed by atoms with Crippen LogP contribution in [0.15, 0.2) is 48.5 Å². The summed E-state index contributed by atoms with van der Waals surface area (Å²) >= 11 is 0. The van der Waals surface area contributed by atoms with E-state index in [2.05, 4.69) is 6.07 Å². The van der Waals surface area contributed by atoms with Crippen molar-refractivity contribution in [2.75, 3.05) is 11.9 Å². The second-order valence-electron chi connectivity index (χ2n) is 4.25. The van der Waals surface area contributed by atoms with E-state index < -0.39 is 5.97 Å². The average molecular weight is 241 g/mol. The third-order valence-electron chi connectivity index (χ3n) is 2.87. The molecule has 0 radical (unpaired) electrons. The summed E-state index contributed by atoms with van der Waals surface area (Å²) in [5.74, 6) is -0.908. The summed E-state index contributed by atoms with van der Waals surface area (Å²) in [6, 6.07) is 15.0. The smallest absolute Gasteiger partial charge is 0.335 e. The van der Waals surface area contributed by atoms with E-state index >= 15 is 0 Å². The average Bonchev–Trinajstić information content (AvgIpc) is 2.38. The fourth-order valence-electron chi connectivity index (χ4n) is 1.83. The molecule has 0 spiro atoms. The van der Waals surface area contributed by atoms with Gasteiger partial charge in [-0.2, -0.15) is 0 Å². The van der Waals surface area contributed by atoms with E-state index in [1.54, 1.807) is 18.2 Å². The molecule has 3 nitrogen and oxygen atoms in total. The van der Waals surface area contributed by atoms with Crippen molar-refractivity contribution in [1.82, 2.24) is 0 Å². The third kappa shape index (κ3) is 2.51. The van der Waals surface area contributed by atoms with E-state index in [0.29, 0.717) is 5.56 Å². The van der Waals surface area contributed by atoms with Crippen LogP contribution in [0.3, 0.4) is 0 Å². The second-order valence-corrected chi connectivity index (χ2v) is 4.25. The van der Waals surface area contributed by atoms with E-state index in [9.17, 15) is 4.79 Å². The lowest BCUT2D eigenvalue weighted by Gasteiger charge is -2.20. The molecule has 0 amide bonds. The molecule has 0 aliphatic carbocycles. The molecule has 18 heavy (non-hydrogen) atoms. The van der Waals surface area contributed by atoms with Gasteiger partial charge in [0.25, 0.3) is 0 Å². The Hall–Kier alpha value is -2.29. The van der Waals surface area contributed by atoms with Crippen LogP contribution in [0.5, 0.6) is 0 Å². The van der Waals surface area contributed by atoms with Crippen LogP contribution in [0.4, 0.5) is 11.4 Å². The van der Waals surface area contributed by atoms with Gasteiger partial charge in [-0.3, -0.25) is 0 Å². The van der Waals surface area contributed by atoms with Gasteiger partial charge in [0, 0.05) is 18.4 Å². The fraction of sp³-hybridized carbons (Fsp3) is 0.133. The highest BCUT2D eigenvalue weighted by Gasteiger charge is 2.07. The van der Waals surface area contributed by atoms with Gasteiger partial charge < -0.3 is 10.0 Å². The Kier molecular flexibility index (Phi) is 3.33. The number of aromatic carboxylic acids is 1. The predicted molar refractivity (Wildman–Crippen MR) is 72.6 cm³/mol. The Bertz CT molecular complexity index is 578. The van der Waals surface area contributed by atoms with E-state index in [0.717, 1.165) is 11.4 Å².